The monoisotopic (exact) mass is 210 g/mol. The van der Waals surface area contributed by atoms with E-state index in [4.69, 9.17) is 5.11 Å². The number of carboxylic acid groups (broad SMARTS) is 1. The molecule has 0 bridgehead atoms. The molecule has 4 nitrogen and oxygen atoms in total. The summed E-state index contributed by atoms with van der Waals surface area (Å²) in [7, 11) is 0. The maximum atomic E-state index is 9.65. The fraction of sp³-hybridized carbons (Fsp3) is 0.333. The Balaban J connectivity index is 0. The Hall–Kier alpha value is -0.398. The zero-order chi connectivity index (χ0) is 5.86. The van der Waals surface area contributed by atoms with E-state index in [1.807, 2.05) is 0 Å². The van der Waals surface area contributed by atoms with E-state index in [2.05, 4.69) is 4.74 Å². The van der Waals surface area contributed by atoms with Crippen LogP contribution in [-0.2, 0) is 30.0 Å². The van der Waals surface area contributed by atoms with Crippen LogP contribution >= 0.6 is 0 Å². The molecule has 0 radical (unpaired) electrons. The normalized spacial score (nSPS) is 6.62. The molecule has 0 spiro atoms. The van der Waals surface area contributed by atoms with Crippen LogP contribution in [0.4, 0.5) is 4.79 Å². The van der Waals surface area contributed by atoms with Crippen LogP contribution in [-0.4, -0.2) is 17.2 Å². The summed E-state index contributed by atoms with van der Waals surface area (Å²) in [6.45, 7) is 1.02. The molecule has 1 N–H and O–H groups in total. The Morgan fingerprint density at radius 2 is 1.88 bits per heavy atom. The summed E-state index contributed by atoms with van der Waals surface area (Å²) < 4.78 is 3.53. The van der Waals surface area contributed by atoms with E-state index in [-0.39, 0.29) is 20.4 Å². The molecule has 50 valence electrons. The van der Waals surface area contributed by atoms with Crippen molar-refractivity contribution in [3.8, 4) is 0 Å². The van der Waals surface area contributed by atoms with Crippen molar-refractivity contribution in [2.45, 2.75) is 6.92 Å². The van der Waals surface area contributed by atoms with Gasteiger partial charge in [-0.25, -0.2) is 4.79 Å². The number of rotatable bonds is 0. The van der Waals surface area contributed by atoms with Crippen LogP contribution in [0.1, 0.15) is 6.92 Å². The van der Waals surface area contributed by atoms with E-state index in [0.717, 1.165) is 6.92 Å². The van der Waals surface area contributed by atoms with Gasteiger partial charge in [-0.2, -0.15) is 0 Å². The molecule has 0 aromatic rings. The summed E-state index contributed by atoms with van der Waals surface area (Å²) in [6.07, 6.45) is -1.56. The predicted molar refractivity (Wildman–Crippen MR) is 19.8 cm³/mol. The molecule has 0 amide bonds. The van der Waals surface area contributed by atoms with Crippen LogP contribution in [0, 0.1) is 0 Å². The fourth-order valence-electron chi connectivity index (χ4n) is 0.123. The molecule has 8 heavy (non-hydrogen) atoms. The molecular weight excluding hydrogens is 206 g/mol. The third-order valence-electron chi connectivity index (χ3n) is 0.231. The van der Waals surface area contributed by atoms with Gasteiger partial charge in [0.25, 0.3) is 0 Å². The molecule has 0 aromatic heterocycles. The van der Waals surface area contributed by atoms with Crippen molar-refractivity contribution in [3.63, 3.8) is 0 Å². The molecule has 0 unspecified atom stereocenters. The first kappa shape index (κ1) is 10.6. The largest absolute Gasteiger partial charge is 0.513 e. The van der Waals surface area contributed by atoms with Crippen LogP contribution in [0.3, 0.4) is 0 Å². The van der Waals surface area contributed by atoms with Gasteiger partial charge in [0, 0.05) is 27.3 Å². The number of ether oxygens (including phenoxy) is 1. The summed E-state index contributed by atoms with van der Waals surface area (Å²) in [5, 5.41) is 7.64. The topological polar surface area (TPSA) is 63.6 Å². The zero-order valence-electron chi connectivity index (χ0n) is 3.99. The van der Waals surface area contributed by atoms with Crippen molar-refractivity contribution >= 4 is 12.1 Å². The second-order valence-electron chi connectivity index (χ2n) is 0.860. The Bertz CT molecular complexity index is 87.5. The zero-order valence-corrected chi connectivity index (χ0v) is 5.54. The fourth-order valence-corrected chi connectivity index (χ4v) is 0.123. The minimum absolute atomic E-state index is 0. The predicted octanol–water partition coefficient (Wildman–Crippen LogP) is 0.225. The van der Waals surface area contributed by atoms with Crippen molar-refractivity contribution in [3.05, 3.63) is 0 Å². The number of hydrogen-bond donors (Lipinski definition) is 1. The summed E-state index contributed by atoms with van der Waals surface area (Å²) in [4.78, 5) is 19.0. The van der Waals surface area contributed by atoms with Gasteiger partial charge >= 0.3 is 12.1 Å². The molecule has 5 heteroatoms. The van der Waals surface area contributed by atoms with E-state index < -0.39 is 12.1 Å². The Morgan fingerprint density at radius 3 is 1.88 bits per heavy atom. The van der Waals surface area contributed by atoms with Crippen LogP contribution < -0.4 is 0 Å². The van der Waals surface area contributed by atoms with Crippen LogP contribution in [0.2, 0.25) is 0 Å². The minimum Gasteiger partial charge on any atom is -0.449 e. The van der Waals surface area contributed by atoms with E-state index in [1.165, 1.54) is 0 Å². The van der Waals surface area contributed by atoms with Gasteiger partial charge in [-0.15, -0.1) is 0 Å². The van der Waals surface area contributed by atoms with Crippen LogP contribution in [0.5, 0.6) is 0 Å². The summed E-state index contributed by atoms with van der Waals surface area (Å²) in [6, 6.07) is 0. The molecule has 0 aliphatic rings. The number of carbonyl (C=O) groups excluding carboxylic acids is 1. The minimum atomic E-state index is -1.56. The second kappa shape index (κ2) is 4.75. The van der Waals surface area contributed by atoms with Crippen molar-refractivity contribution in [1.29, 1.82) is 0 Å². The molecule has 0 atom stereocenters. The van der Waals surface area contributed by atoms with Crippen molar-refractivity contribution < 1.29 is 39.9 Å². The Kier molecular flexibility index (Phi) is 6.27. The van der Waals surface area contributed by atoms with Gasteiger partial charge < -0.3 is 9.84 Å². The Labute approximate surface area is 59.5 Å². The molecule has 0 fully saturated rings. The average Bonchev–Trinajstić information content (AvgIpc) is 1.27. The van der Waals surface area contributed by atoms with Gasteiger partial charge in [-0.1, -0.05) is 0 Å². The van der Waals surface area contributed by atoms with Crippen LogP contribution in [0.25, 0.3) is 0 Å². The van der Waals surface area contributed by atoms with E-state index in [0.29, 0.717) is 0 Å². The number of carbonyl (C=O) groups is 2. The van der Waals surface area contributed by atoms with Gasteiger partial charge in [-0.05, 0) is 0 Å². The molecule has 0 saturated carbocycles. The summed E-state index contributed by atoms with van der Waals surface area (Å²) in [5.41, 5.74) is 0. The second-order valence-corrected chi connectivity index (χ2v) is 0.860. The van der Waals surface area contributed by atoms with Crippen molar-refractivity contribution in [2.24, 2.45) is 0 Å². The molecule has 0 aromatic carbocycles. The molecule has 0 rings (SSSR count). The maximum Gasteiger partial charge on any atom is 0.513 e. The maximum absolute atomic E-state index is 9.65. The van der Waals surface area contributed by atoms with Crippen LogP contribution in [0.15, 0.2) is 0 Å². The molecule has 0 aliphatic heterocycles. The van der Waals surface area contributed by atoms with Gasteiger partial charge in [0.05, 0.1) is 0 Å². The van der Waals surface area contributed by atoms with Gasteiger partial charge in [-0.3, -0.25) is 4.79 Å². The van der Waals surface area contributed by atoms with Crippen molar-refractivity contribution in [1.82, 2.24) is 0 Å². The third-order valence-corrected chi connectivity index (χ3v) is 0.231. The number of hydrogen-bond acceptors (Lipinski definition) is 3. The average molecular weight is 210 g/mol. The first-order chi connectivity index (χ1) is 3.13. The smallest absolute Gasteiger partial charge is 0.449 e. The number of esters is 1. The van der Waals surface area contributed by atoms with E-state index in [1.54, 1.807) is 0 Å². The molecule has 0 aliphatic carbocycles. The van der Waals surface area contributed by atoms with E-state index >= 15 is 0 Å². The Morgan fingerprint density at radius 1 is 1.50 bits per heavy atom. The molecular formula is C3H4O4Pd. The molecule has 0 saturated heterocycles. The summed E-state index contributed by atoms with van der Waals surface area (Å²) >= 11 is 0. The third kappa shape index (κ3) is 9.14. The van der Waals surface area contributed by atoms with E-state index in [9.17, 15) is 9.59 Å². The van der Waals surface area contributed by atoms with Crippen molar-refractivity contribution in [2.75, 3.05) is 0 Å². The van der Waals surface area contributed by atoms with Gasteiger partial charge in [0.1, 0.15) is 0 Å². The first-order valence-electron chi connectivity index (χ1n) is 1.54. The van der Waals surface area contributed by atoms with Gasteiger partial charge in [0.2, 0.25) is 0 Å². The summed E-state index contributed by atoms with van der Waals surface area (Å²) in [5.74, 6) is -0.812. The standard InChI is InChI=1S/C3H4O4.Pd/c1-2(4)7-3(5)6;/h1H3,(H,5,6);. The first-order valence-corrected chi connectivity index (χ1v) is 1.54. The molecule has 0 heterocycles. The van der Waals surface area contributed by atoms with Gasteiger partial charge in [0.15, 0.2) is 0 Å². The quantitative estimate of drug-likeness (QED) is 0.353. The SMILES string of the molecule is CC(=O)OC(=O)O.[Pd].